The summed E-state index contributed by atoms with van der Waals surface area (Å²) in [6, 6.07) is 0.283. The molecular formula is C8H18N2O. The minimum absolute atomic E-state index is 0.283. The molecular weight excluding hydrogens is 140 g/mol. The van der Waals surface area contributed by atoms with Crippen molar-refractivity contribution < 1.29 is 4.74 Å². The average molecular weight is 158 g/mol. The van der Waals surface area contributed by atoms with E-state index in [2.05, 4.69) is 4.90 Å². The first-order valence-electron chi connectivity index (χ1n) is 4.23. The van der Waals surface area contributed by atoms with Crippen molar-refractivity contribution in [2.24, 2.45) is 5.73 Å². The molecule has 0 radical (unpaired) electrons. The van der Waals surface area contributed by atoms with Crippen LogP contribution in [0.1, 0.15) is 13.3 Å². The van der Waals surface area contributed by atoms with Gasteiger partial charge in [-0.05, 0) is 13.3 Å². The van der Waals surface area contributed by atoms with Gasteiger partial charge in [-0.3, -0.25) is 4.90 Å². The van der Waals surface area contributed by atoms with Gasteiger partial charge in [0, 0.05) is 32.8 Å². The van der Waals surface area contributed by atoms with E-state index in [-0.39, 0.29) is 6.04 Å². The number of hydrogen-bond acceptors (Lipinski definition) is 3. The molecule has 1 saturated heterocycles. The van der Waals surface area contributed by atoms with Crippen LogP contribution in [-0.2, 0) is 4.74 Å². The minimum atomic E-state index is 0.283. The largest absolute Gasteiger partial charge is 0.380 e. The first-order valence-corrected chi connectivity index (χ1v) is 4.23. The molecule has 1 unspecified atom stereocenters. The second-order valence-electron chi connectivity index (χ2n) is 3.38. The van der Waals surface area contributed by atoms with Crippen molar-refractivity contribution in [1.29, 1.82) is 0 Å². The Balaban J connectivity index is 2.19. The summed E-state index contributed by atoms with van der Waals surface area (Å²) in [6.07, 6.45) is 1.59. The molecule has 0 bridgehead atoms. The molecule has 1 fully saturated rings. The fourth-order valence-electron chi connectivity index (χ4n) is 1.56. The molecule has 11 heavy (non-hydrogen) atoms. The van der Waals surface area contributed by atoms with Crippen molar-refractivity contribution in [1.82, 2.24) is 4.90 Å². The van der Waals surface area contributed by atoms with E-state index >= 15 is 0 Å². The molecule has 0 aromatic heterocycles. The van der Waals surface area contributed by atoms with Crippen molar-refractivity contribution in [3.05, 3.63) is 0 Å². The predicted molar refractivity (Wildman–Crippen MR) is 45.5 cm³/mol. The zero-order valence-corrected chi connectivity index (χ0v) is 7.42. The third kappa shape index (κ3) is 2.77. The van der Waals surface area contributed by atoms with Gasteiger partial charge in [-0.25, -0.2) is 0 Å². The maximum Gasteiger partial charge on any atom is 0.0710 e. The zero-order chi connectivity index (χ0) is 8.27. The number of ether oxygens (including phenoxy) is 1. The summed E-state index contributed by atoms with van der Waals surface area (Å²) < 4.78 is 5.24. The molecule has 3 heteroatoms. The highest BCUT2D eigenvalue weighted by atomic mass is 16.5. The molecule has 2 N–H and O–H groups in total. The Morgan fingerprint density at radius 1 is 1.73 bits per heavy atom. The number of likely N-dealkylation sites (tertiary alicyclic amines) is 1. The maximum absolute atomic E-state index is 5.68. The Hall–Kier alpha value is -0.120. The fraction of sp³-hybridized carbons (Fsp3) is 1.00. The first kappa shape index (κ1) is 8.97. The molecule has 1 heterocycles. The Bertz CT molecular complexity index is 117. The molecule has 0 aliphatic carbocycles. The second-order valence-corrected chi connectivity index (χ2v) is 3.38. The molecule has 0 spiro atoms. The van der Waals surface area contributed by atoms with E-state index in [1.165, 1.54) is 0 Å². The highest BCUT2D eigenvalue weighted by Gasteiger charge is 2.21. The summed E-state index contributed by atoms with van der Waals surface area (Å²) in [6.45, 7) is 5.23. The van der Waals surface area contributed by atoms with Crippen molar-refractivity contribution in [3.8, 4) is 0 Å². The summed E-state index contributed by atoms with van der Waals surface area (Å²) in [4.78, 5) is 2.36. The molecule has 2 atom stereocenters. The molecule has 0 saturated carbocycles. The zero-order valence-electron chi connectivity index (χ0n) is 7.42. The third-order valence-corrected chi connectivity index (χ3v) is 2.11. The molecule has 0 aromatic rings. The summed E-state index contributed by atoms with van der Waals surface area (Å²) in [5, 5.41) is 0. The van der Waals surface area contributed by atoms with Crippen molar-refractivity contribution >= 4 is 0 Å². The highest BCUT2D eigenvalue weighted by molar-refractivity contribution is 4.77. The van der Waals surface area contributed by atoms with Gasteiger partial charge < -0.3 is 10.5 Å². The Morgan fingerprint density at radius 2 is 2.45 bits per heavy atom. The van der Waals surface area contributed by atoms with Gasteiger partial charge in [-0.15, -0.1) is 0 Å². The summed E-state index contributed by atoms with van der Waals surface area (Å²) in [5.74, 6) is 0. The maximum atomic E-state index is 5.68. The first-order chi connectivity index (χ1) is 5.22. The highest BCUT2D eigenvalue weighted by Crippen LogP contribution is 2.11. The molecule has 1 aliphatic rings. The van der Waals surface area contributed by atoms with Gasteiger partial charge in [0.05, 0.1) is 6.10 Å². The van der Waals surface area contributed by atoms with Gasteiger partial charge in [0.25, 0.3) is 0 Å². The van der Waals surface area contributed by atoms with Crippen molar-refractivity contribution in [3.63, 3.8) is 0 Å². The van der Waals surface area contributed by atoms with Crippen LogP contribution in [-0.4, -0.2) is 43.8 Å². The van der Waals surface area contributed by atoms with E-state index in [4.69, 9.17) is 10.5 Å². The lowest BCUT2D eigenvalue weighted by Gasteiger charge is -2.17. The smallest absolute Gasteiger partial charge is 0.0710 e. The second kappa shape index (κ2) is 4.04. The van der Waals surface area contributed by atoms with Crippen LogP contribution in [0.15, 0.2) is 0 Å². The predicted octanol–water partition coefficient (Wildman–Crippen LogP) is 0.0543. The molecule has 1 rings (SSSR count). The number of nitrogens with zero attached hydrogens (tertiary/aromatic N) is 1. The van der Waals surface area contributed by atoms with Crippen LogP contribution in [0.3, 0.4) is 0 Å². The van der Waals surface area contributed by atoms with E-state index < -0.39 is 0 Å². The summed E-state index contributed by atoms with van der Waals surface area (Å²) in [5.41, 5.74) is 5.68. The van der Waals surface area contributed by atoms with Gasteiger partial charge in [0.1, 0.15) is 0 Å². The van der Waals surface area contributed by atoms with E-state index in [1.807, 2.05) is 6.92 Å². The van der Waals surface area contributed by atoms with Crippen LogP contribution < -0.4 is 5.73 Å². The number of rotatable bonds is 3. The standard InChI is InChI=1S/C8H18N2O/c1-7(9)5-10-4-3-8(6-10)11-2/h7-8H,3-6,9H2,1-2H3/t7-,8?/m0/s1. The van der Waals surface area contributed by atoms with Gasteiger partial charge >= 0.3 is 0 Å². The van der Waals surface area contributed by atoms with E-state index in [0.717, 1.165) is 26.1 Å². The van der Waals surface area contributed by atoms with E-state index in [0.29, 0.717) is 6.10 Å². The average Bonchev–Trinajstić information content (AvgIpc) is 2.34. The van der Waals surface area contributed by atoms with Crippen LogP contribution in [0.5, 0.6) is 0 Å². The van der Waals surface area contributed by atoms with E-state index in [9.17, 15) is 0 Å². The Kier molecular flexibility index (Phi) is 3.30. The number of methoxy groups -OCH3 is 1. The molecule has 1 aliphatic heterocycles. The van der Waals surface area contributed by atoms with Gasteiger partial charge in [-0.2, -0.15) is 0 Å². The Labute approximate surface area is 68.5 Å². The summed E-state index contributed by atoms with van der Waals surface area (Å²) >= 11 is 0. The lowest BCUT2D eigenvalue weighted by molar-refractivity contribution is 0.107. The lowest BCUT2D eigenvalue weighted by Crippen LogP contribution is -2.34. The topological polar surface area (TPSA) is 38.5 Å². The number of hydrogen-bond donors (Lipinski definition) is 1. The minimum Gasteiger partial charge on any atom is -0.380 e. The molecule has 66 valence electrons. The van der Waals surface area contributed by atoms with E-state index in [1.54, 1.807) is 7.11 Å². The van der Waals surface area contributed by atoms with Crippen molar-refractivity contribution in [2.75, 3.05) is 26.7 Å². The lowest BCUT2D eigenvalue weighted by atomic mass is 10.3. The number of nitrogens with two attached hydrogens (primary N) is 1. The third-order valence-electron chi connectivity index (χ3n) is 2.11. The normalized spacial score (nSPS) is 29.2. The molecule has 3 nitrogen and oxygen atoms in total. The molecule has 0 aromatic carbocycles. The Morgan fingerprint density at radius 3 is 2.91 bits per heavy atom. The van der Waals surface area contributed by atoms with Crippen LogP contribution in [0.25, 0.3) is 0 Å². The monoisotopic (exact) mass is 158 g/mol. The van der Waals surface area contributed by atoms with Crippen LogP contribution >= 0.6 is 0 Å². The van der Waals surface area contributed by atoms with Gasteiger partial charge in [0.15, 0.2) is 0 Å². The summed E-state index contributed by atoms with van der Waals surface area (Å²) in [7, 11) is 1.78. The van der Waals surface area contributed by atoms with Crippen LogP contribution in [0.2, 0.25) is 0 Å². The van der Waals surface area contributed by atoms with Gasteiger partial charge in [0.2, 0.25) is 0 Å². The van der Waals surface area contributed by atoms with Crippen molar-refractivity contribution in [2.45, 2.75) is 25.5 Å². The molecule has 0 amide bonds. The van der Waals surface area contributed by atoms with Crippen LogP contribution in [0.4, 0.5) is 0 Å². The van der Waals surface area contributed by atoms with Gasteiger partial charge in [-0.1, -0.05) is 0 Å². The van der Waals surface area contributed by atoms with Crippen LogP contribution in [0, 0.1) is 0 Å². The fourth-order valence-corrected chi connectivity index (χ4v) is 1.56. The SMILES string of the molecule is COC1CCN(C[C@H](C)N)C1. The quantitative estimate of drug-likeness (QED) is 0.631.